The summed E-state index contributed by atoms with van der Waals surface area (Å²) in [6.07, 6.45) is 1.34. The fourth-order valence-corrected chi connectivity index (χ4v) is 4.45. The maximum Gasteiger partial charge on any atom is 0.339 e. The summed E-state index contributed by atoms with van der Waals surface area (Å²) in [5, 5.41) is 60.5. The number of Topliss-reactive ketones (excluding diaryl/α,β-unsaturated/α-hetero) is 1. The Labute approximate surface area is 265 Å². The van der Waals surface area contributed by atoms with Crippen molar-refractivity contribution in [3.8, 4) is 34.5 Å². The van der Waals surface area contributed by atoms with Gasteiger partial charge in [-0.3, -0.25) is 14.7 Å². The van der Waals surface area contributed by atoms with Crippen LogP contribution in [0.1, 0.15) is 43.6 Å². The van der Waals surface area contributed by atoms with Crippen LogP contribution >= 0.6 is 23.9 Å². The van der Waals surface area contributed by atoms with Crippen molar-refractivity contribution in [3.63, 3.8) is 0 Å². The number of hydrogen-bond donors (Lipinski definition) is 8. The van der Waals surface area contributed by atoms with E-state index in [0.717, 1.165) is 40.9 Å². The Balaban J connectivity index is 0.000000252. The highest BCUT2D eigenvalue weighted by atomic mass is 32.2. The summed E-state index contributed by atoms with van der Waals surface area (Å²) in [4.78, 5) is 34.6. The van der Waals surface area contributed by atoms with Crippen molar-refractivity contribution in [1.82, 2.24) is 0 Å². The predicted octanol–water partition coefficient (Wildman–Crippen LogP) is 4.47. The van der Waals surface area contributed by atoms with Gasteiger partial charge < -0.3 is 41.1 Å². The molecule has 4 aromatic carbocycles. The zero-order chi connectivity index (χ0) is 33.7. The minimum absolute atomic E-state index is 0.0570. The van der Waals surface area contributed by atoms with Gasteiger partial charge in [-0.2, -0.15) is 0 Å². The number of phenols is 6. The summed E-state index contributed by atoms with van der Waals surface area (Å²) in [6.45, 7) is 1.48. The highest BCUT2D eigenvalue weighted by Gasteiger charge is 2.14. The van der Waals surface area contributed by atoms with E-state index >= 15 is 0 Å². The molecule has 4 rings (SSSR count). The molecule has 0 atom stereocenters. The number of ether oxygens (including phenoxy) is 1. The number of rotatable bonds is 7. The molecule has 1 amide bonds. The molecule has 0 radical (unpaired) electrons. The fourth-order valence-electron chi connectivity index (χ4n) is 3.28. The van der Waals surface area contributed by atoms with Gasteiger partial charge in [0.1, 0.15) is 0 Å². The Hall–Kier alpha value is -5.38. The van der Waals surface area contributed by atoms with Crippen molar-refractivity contribution < 1.29 is 49.8 Å². The molecule has 0 aliphatic rings. The van der Waals surface area contributed by atoms with Gasteiger partial charge >= 0.3 is 5.97 Å². The number of nitrogens with two attached hydrogens (primary N) is 2. The number of methoxy groups -OCH3 is 1. The number of amides is 1. The van der Waals surface area contributed by atoms with Crippen LogP contribution in [0.5, 0.6) is 34.5 Å². The molecule has 0 heterocycles. The van der Waals surface area contributed by atoms with Crippen LogP contribution in [-0.2, 0) is 4.74 Å². The number of ketones is 1. The van der Waals surface area contributed by atoms with E-state index in [2.05, 4.69) is 9.13 Å². The molecule has 0 spiro atoms. The van der Waals surface area contributed by atoms with Crippen molar-refractivity contribution in [2.75, 3.05) is 7.11 Å². The number of carbonyl (C=O) groups excluding carboxylic acids is 3. The highest BCUT2D eigenvalue weighted by Crippen LogP contribution is 2.37. The molecule has 13 nitrogen and oxygen atoms in total. The molecule has 4 aromatic rings. The molecule has 45 heavy (non-hydrogen) atoms. The standard InChI is InChI=1S/C15H13NO4S.C8H9NO2S.C7H7NO4/c1-9(17)11-4-2-3-5-13(11)21-16-8-10-6-7-12(18)15(20)14(10)19;1-11-8(10)6-4-2-3-5-7(6)12-9;8-7(12)3-1-2-4(9)6(11)5(3)10/h2-8,18-20H,1H3;2-5H,9H2,1H3;1-2,9-11H,(H2,8,12). The monoisotopic (exact) mass is 655 g/mol. The number of phenolic OH excluding ortho intramolecular Hbond substituents is 5. The normalized spacial score (nSPS) is 10.2. The van der Waals surface area contributed by atoms with Gasteiger partial charge in [-0.1, -0.05) is 30.3 Å². The van der Waals surface area contributed by atoms with Crippen LogP contribution in [0.2, 0.25) is 0 Å². The first-order chi connectivity index (χ1) is 21.3. The molecule has 0 aliphatic heterocycles. The smallest absolute Gasteiger partial charge is 0.339 e. The molecule has 0 saturated carbocycles. The molecule has 0 saturated heterocycles. The zero-order valence-electron chi connectivity index (χ0n) is 23.7. The second kappa shape index (κ2) is 17.0. The Morgan fingerprint density at radius 1 is 0.711 bits per heavy atom. The van der Waals surface area contributed by atoms with E-state index in [1.54, 1.807) is 42.5 Å². The van der Waals surface area contributed by atoms with E-state index in [0.29, 0.717) is 16.0 Å². The van der Waals surface area contributed by atoms with E-state index in [4.69, 9.17) is 26.2 Å². The molecule has 0 aromatic heterocycles. The van der Waals surface area contributed by atoms with Crippen LogP contribution < -0.4 is 10.9 Å². The number of hydrogen-bond acceptors (Lipinski definition) is 14. The van der Waals surface area contributed by atoms with Gasteiger partial charge in [0.2, 0.25) is 11.5 Å². The number of benzene rings is 4. The van der Waals surface area contributed by atoms with Gasteiger partial charge in [-0.25, -0.2) is 9.19 Å². The van der Waals surface area contributed by atoms with E-state index in [9.17, 15) is 29.7 Å². The van der Waals surface area contributed by atoms with E-state index in [1.807, 2.05) is 6.07 Å². The molecular formula is C30H29N3O10S2. The van der Waals surface area contributed by atoms with Crippen molar-refractivity contribution in [1.29, 1.82) is 0 Å². The molecule has 0 unspecified atom stereocenters. The Bertz CT molecular complexity index is 1710. The van der Waals surface area contributed by atoms with E-state index in [-0.39, 0.29) is 22.9 Å². The lowest BCUT2D eigenvalue weighted by Gasteiger charge is -2.04. The Morgan fingerprint density at radius 2 is 1.24 bits per heavy atom. The molecule has 0 fully saturated rings. The van der Waals surface area contributed by atoms with Crippen molar-refractivity contribution in [3.05, 3.63) is 95.1 Å². The third kappa shape index (κ3) is 9.82. The van der Waals surface area contributed by atoms with Crippen LogP contribution in [-0.4, -0.2) is 61.6 Å². The van der Waals surface area contributed by atoms with Crippen LogP contribution in [0.15, 0.2) is 87.0 Å². The average molecular weight is 656 g/mol. The van der Waals surface area contributed by atoms with Gasteiger partial charge in [0, 0.05) is 39.1 Å². The van der Waals surface area contributed by atoms with Crippen molar-refractivity contribution in [2.45, 2.75) is 16.7 Å². The summed E-state index contributed by atoms with van der Waals surface area (Å²) < 4.78 is 8.64. The SMILES string of the molecule is CC(=O)c1ccccc1SN=Cc1ccc(O)c(O)c1O.COC(=O)c1ccccc1SN.NC(=O)c1ccc(O)c(O)c1O. The average Bonchev–Trinajstić information content (AvgIpc) is 3.03. The Kier molecular flexibility index (Phi) is 13.6. The van der Waals surface area contributed by atoms with Crippen LogP contribution in [0.3, 0.4) is 0 Å². The third-order valence-corrected chi connectivity index (χ3v) is 6.96. The second-order valence-corrected chi connectivity index (χ2v) is 10.1. The topological polar surface area (TPSA) is 246 Å². The Morgan fingerprint density at radius 3 is 1.80 bits per heavy atom. The zero-order valence-corrected chi connectivity index (χ0v) is 25.4. The number of nitrogens with zero attached hydrogens (tertiary/aromatic N) is 1. The highest BCUT2D eigenvalue weighted by molar-refractivity contribution is 7.98. The molecule has 0 bridgehead atoms. The van der Waals surface area contributed by atoms with E-state index in [1.165, 1.54) is 32.4 Å². The van der Waals surface area contributed by atoms with Crippen LogP contribution in [0, 0.1) is 0 Å². The number of primary amides is 1. The number of carbonyl (C=O) groups is 3. The number of aromatic hydroxyl groups is 6. The molecule has 236 valence electrons. The predicted molar refractivity (Wildman–Crippen MR) is 169 cm³/mol. The molecule has 10 N–H and O–H groups in total. The number of esters is 1. The maximum atomic E-state index is 11.5. The first-order valence-electron chi connectivity index (χ1n) is 12.5. The minimum Gasteiger partial charge on any atom is -0.504 e. The quantitative estimate of drug-likeness (QED) is 0.0451. The van der Waals surface area contributed by atoms with Crippen LogP contribution in [0.4, 0.5) is 0 Å². The maximum absolute atomic E-state index is 11.5. The summed E-state index contributed by atoms with van der Waals surface area (Å²) in [5.74, 6) is -4.68. The minimum atomic E-state index is -0.872. The van der Waals surface area contributed by atoms with Gasteiger partial charge in [-0.15, -0.1) is 0 Å². The summed E-state index contributed by atoms with van der Waals surface area (Å²) in [6, 6.07) is 19.0. The lowest BCUT2D eigenvalue weighted by atomic mass is 10.1. The van der Waals surface area contributed by atoms with Gasteiger partial charge in [0.15, 0.2) is 28.8 Å². The summed E-state index contributed by atoms with van der Waals surface area (Å²) >= 11 is 2.12. The first kappa shape index (κ1) is 35.8. The first-order valence-corrected chi connectivity index (χ1v) is 14.1. The van der Waals surface area contributed by atoms with Gasteiger partial charge in [0.05, 0.1) is 18.2 Å². The summed E-state index contributed by atoms with van der Waals surface area (Å²) in [7, 11) is 1.35. The molecular weight excluding hydrogens is 626 g/mol. The van der Waals surface area contributed by atoms with Gasteiger partial charge in [-0.05, 0) is 61.3 Å². The van der Waals surface area contributed by atoms with Crippen LogP contribution in [0.25, 0.3) is 0 Å². The van der Waals surface area contributed by atoms with E-state index < -0.39 is 40.4 Å². The van der Waals surface area contributed by atoms with Gasteiger partial charge in [0.25, 0.3) is 5.91 Å². The van der Waals surface area contributed by atoms with Crippen molar-refractivity contribution >= 4 is 47.8 Å². The lowest BCUT2D eigenvalue weighted by Crippen LogP contribution is -2.10. The second-order valence-electron chi connectivity index (χ2n) is 8.55. The lowest BCUT2D eigenvalue weighted by molar-refractivity contribution is 0.0596. The molecule has 15 heteroatoms. The molecule has 0 aliphatic carbocycles. The fraction of sp³-hybridized carbons (Fsp3) is 0.0667. The largest absolute Gasteiger partial charge is 0.504 e. The third-order valence-electron chi connectivity index (χ3n) is 5.59. The van der Waals surface area contributed by atoms with Crippen molar-refractivity contribution in [2.24, 2.45) is 15.3 Å². The summed E-state index contributed by atoms with van der Waals surface area (Å²) in [5.41, 5.74) is 5.95.